The van der Waals surface area contributed by atoms with Crippen LogP contribution in [0, 0.1) is 0 Å². The lowest BCUT2D eigenvalue weighted by Gasteiger charge is -2.09. The normalized spacial score (nSPS) is 10.5. The summed E-state index contributed by atoms with van der Waals surface area (Å²) in [6, 6.07) is 5.32. The van der Waals surface area contributed by atoms with E-state index in [9.17, 15) is 4.79 Å². The fourth-order valence-corrected chi connectivity index (χ4v) is 2.37. The van der Waals surface area contributed by atoms with Crippen molar-refractivity contribution in [2.24, 2.45) is 5.73 Å². The summed E-state index contributed by atoms with van der Waals surface area (Å²) in [4.78, 5) is 11.2. The van der Waals surface area contributed by atoms with Crippen LogP contribution in [0.15, 0.2) is 18.2 Å². The third-order valence-electron chi connectivity index (χ3n) is 3.68. The van der Waals surface area contributed by atoms with E-state index < -0.39 is 5.91 Å². The second-order valence-corrected chi connectivity index (χ2v) is 5.57. The molecule has 0 saturated heterocycles. The number of nitrogens with two attached hydrogens (primary N) is 2. The number of anilines is 2. The molecule has 0 radical (unpaired) electrons. The van der Waals surface area contributed by atoms with E-state index in [1.807, 2.05) is 6.07 Å². The number of carbonyl (C=O) groups is 1. The van der Waals surface area contributed by atoms with Crippen molar-refractivity contribution in [1.29, 1.82) is 0 Å². The van der Waals surface area contributed by atoms with E-state index in [1.165, 1.54) is 44.9 Å². The van der Waals surface area contributed by atoms with Crippen LogP contribution in [-0.4, -0.2) is 12.5 Å². The quantitative estimate of drug-likeness (QED) is 0.427. The van der Waals surface area contributed by atoms with Gasteiger partial charge in [-0.15, -0.1) is 0 Å². The van der Waals surface area contributed by atoms with Gasteiger partial charge in [0.1, 0.15) is 0 Å². The summed E-state index contributed by atoms with van der Waals surface area (Å²) >= 11 is 0. The zero-order valence-corrected chi connectivity index (χ0v) is 13.2. The number of carbonyl (C=O) groups excluding carboxylic acids is 1. The average molecular weight is 291 g/mol. The minimum absolute atomic E-state index is 0.385. The van der Waals surface area contributed by atoms with Gasteiger partial charge >= 0.3 is 0 Å². The van der Waals surface area contributed by atoms with Crippen molar-refractivity contribution in [3.05, 3.63) is 23.8 Å². The summed E-state index contributed by atoms with van der Waals surface area (Å²) in [5.41, 5.74) is 12.7. The number of nitrogen functional groups attached to an aromatic ring is 1. The van der Waals surface area contributed by atoms with Crippen LogP contribution < -0.4 is 16.8 Å². The summed E-state index contributed by atoms with van der Waals surface area (Å²) < 4.78 is 0. The van der Waals surface area contributed by atoms with Crippen LogP contribution in [0.1, 0.15) is 68.6 Å². The molecule has 0 heterocycles. The Labute approximate surface area is 128 Å². The second-order valence-electron chi connectivity index (χ2n) is 5.57. The first-order chi connectivity index (χ1) is 10.1. The van der Waals surface area contributed by atoms with Gasteiger partial charge in [-0.3, -0.25) is 4.79 Å². The first-order valence-electron chi connectivity index (χ1n) is 8.08. The van der Waals surface area contributed by atoms with Gasteiger partial charge in [0.15, 0.2) is 0 Å². The molecule has 4 heteroatoms. The highest BCUT2D eigenvalue weighted by molar-refractivity contribution is 5.98. The Bertz CT molecular complexity index is 432. The van der Waals surface area contributed by atoms with Crippen LogP contribution in [0.5, 0.6) is 0 Å². The van der Waals surface area contributed by atoms with Gasteiger partial charge in [0.05, 0.1) is 5.56 Å². The number of nitrogens with one attached hydrogen (secondary N) is 1. The lowest BCUT2D eigenvalue weighted by molar-refractivity contribution is 0.100. The summed E-state index contributed by atoms with van der Waals surface area (Å²) in [7, 11) is 0. The molecule has 21 heavy (non-hydrogen) atoms. The average Bonchev–Trinajstić information content (AvgIpc) is 2.47. The van der Waals surface area contributed by atoms with Crippen molar-refractivity contribution in [2.45, 2.75) is 58.3 Å². The maximum absolute atomic E-state index is 11.2. The summed E-state index contributed by atoms with van der Waals surface area (Å²) in [6.45, 7) is 3.16. The second kappa shape index (κ2) is 10.1. The molecule has 0 aliphatic heterocycles. The van der Waals surface area contributed by atoms with Gasteiger partial charge in [-0.05, 0) is 24.6 Å². The molecule has 0 atom stereocenters. The minimum atomic E-state index is -0.483. The monoisotopic (exact) mass is 291 g/mol. The van der Waals surface area contributed by atoms with Crippen LogP contribution in [0.25, 0.3) is 0 Å². The van der Waals surface area contributed by atoms with Crippen LogP contribution in [-0.2, 0) is 0 Å². The molecule has 1 aromatic carbocycles. The number of rotatable bonds is 11. The highest BCUT2D eigenvalue weighted by atomic mass is 16.1. The zero-order valence-electron chi connectivity index (χ0n) is 13.2. The van der Waals surface area contributed by atoms with Gasteiger partial charge in [-0.1, -0.05) is 51.9 Å². The Kier molecular flexibility index (Phi) is 8.32. The lowest BCUT2D eigenvalue weighted by atomic mass is 10.1. The lowest BCUT2D eigenvalue weighted by Crippen LogP contribution is -2.14. The van der Waals surface area contributed by atoms with Crippen LogP contribution in [0.2, 0.25) is 0 Å². The third-order valence-corrected chi connectivity index (χ3v) is 3.68. The fourth-order valence-electron chi connectivity index (χ4n) is 2.37. The Balaban J connectivity index is 2.16. The Morgan fingerprint density at radius 2 is 1.67 bits per heavy atom. The molecule has 0 saturated carbocycles. The van der Waals surface area contributed by atoms with Crippen LogP contribution in [0.4, 0.5) is 11.4 Å². The number of amides is 1. The Hall–Kier alpha value is -1.71. The maximum atomic E-state index is 11.2. The summed E-state index contributed by atoms with van der Waals surface area (Å²) in [5.74, 6) is -0.483. The molecule has 0 aliphatic rings. The number of hydrogen-bond donors (Lipinski definition) is 3. The number of benzene rings is 1. The highest BCUT2D eigenvalue weighted by Crippen LogP contribution is 2.17. The number of primary amides is 1. The molecule has 0 aliphatic carbocycles. The van der Waals surface area contributed by atoms with Crippen LogP contribution in [0.3, 0.4) is 0 Å². The molecular formula is C17H29N3O. The molecule has 0 spiro atoms. The van der Waals surface area contributed by atoms with E-state index in [0.717, 1.165) is 18.7 Å². The SMILES string of the molecule is CCCCCCCCCCNc1ccc(N)c(C(N)=O)c1. The zero-order chi connectivity index (χ0) is 15.5. The van der Waals surface area contributed by atoms with Crippen molar-refractivity contribution in [1.82, 2.24) is 0 Å². The van der Waals surface area contributed by atoms with Crippen molar-refractivity contribution in [3.63, 3.8) is 0 Å². The van der Waals surface area contributed by atoms with Crippen molar-refractivity contribution >= 4 is 17.3 Å². The Morgan fingerprint density at radius 3 is 2.29 bits per heavy atom. The first-order valence-corrected chi connectivity index (χ1v) is 8.08. The topological polar surface area (TPSA) is 81.1 Å². The summed E-state index contributed by atoms with van der Waals surface area (Å²) in [6.07, 6.45) is 10.4. The molecule has 0 bridgehead atoms. The maximum Gasteiger partial charge on any atom is 0.250 e. The van der Waals surface area contributed by atoms with E-state index in [2.05, 4.69) is 12.2 Å². The van der Waals surface area contributed by atoms with Gasteiger partial charge in [0.2, 0.25) is 0 Å². The molecule has 1 amide bonds. The van der Waals surface area contributed by atoms with Crippen molar-refractivity contribution < 1.29 is 4.79 Å². The smallest absolute Gasteiger partial charge is 0.250 e. The van der Waals surface area contributed by atoms with Gasteiger partial charge in [0, 0.05) is 17.9 Å². The van der Waals surface area contributed by atoms with E-state index in [-0.39, 0.29) is 0 Å². The van der Waals surface area contributed by atoms with Crippen LogP contribution >= 0.6 is 0 Å². The largest absolute Gasteiger partial charge is 0.398 e. The van der Waals surface area contributed by atoms with E-state index in [4.69, 9.17) is 11.5 Å². The van der Waals surface area contributed by atoms with Gasteiger partial charge < -0.3 is 16.8 Å². The highest BCUT2D eigenvalue weighted by Gasteiger charge is 2.06. The molecular weight excluding hydrogens is 262 g/mol. The first kappa shape index (κ1) is 17.3. The molecule has 4 nitrogen and oxygen atoms in total. The molecule has 5 N–H and O–H groups in total. The third kappa shape index (κ3) is 7.02. The minimum Gasteiger partial charge on any atom is -0.398 e. The Morgan fingerprint density at radius 1 is 1.05 bits per heavy atom. The molecule has 1 aromatic rings. The van der Waals surface area contributed by atoms with Crippen molar-refractivity contribution in [3.8, 4) is 0 Å². The molecule has 1 rings (SSSR count). The molecule has 0 fully saturated rings. The van der Waals surface area contributed by atoms with Gasteiger partial charge in [-0.25, -0.2) is 0 Å². The summed E-state index contributed by atoms with van der Waals surface area (Å²) in [5, 5.41) is 3.32. The van der Waals surface area contributed by atoms with E-state index in [0.29, 0.717) is 11.3 Å². The molecule has 118 valence electrons. The molecule has 0 aromatic heterocycles. The van der Waals surface area contributed by atoms with Gasteiger partial charge in [-0.2, -0.15) is 0 Å². The van der Waals surface area contributed by atoms with E-state index >= 15 is 0 Å². The number of unbranched alkanes of at least 4 members (excludes halogenated alkanes) is 7. The van der Waals surface area contributed by atoms with E-state index in [1.54, 1.807) is 12.1 Å². The predicted molar refractivity (Wildman–Crippen MR) is 90.5 cm³/mol. The van der Waals surface area contributed by atoms with Crippen molar-refractivity contribution in [2.75, 3.05) is 17.6 Å². The standard InChI is InChI=1S/C17H29N3O/c1-2-3-4-5-6-7-8-9-12-20-14-10-11-16(18)15(13-14)17(19)21/h10-11,13,20H,2-9,12,18H2,1H3,(H2,19,21). The van der Waals surface area contributed by atoms with Gasteiger partial charge in [0.25, 0.3) is 5.91 Å². The number of hydrogen-bond acceptors (Lipinski definition) is 3. The predicted octanol–water partition coefficient (Wildman–Crippen LogP) is 3.92. The molecule has 0 unspecified atom stereocenters. The fraction of sp³-hybridized carbons (Fsp3) is 0.588.